The van der Waals surface area contributed by atoms with Gasteiger partial charge in [-0.05, 0) is 43.7 Å². The summed E-state index contributed by atoms with van der Waals surface area (Å²) in [4.78, 5) is 29.1. The van der Waals surface area contributed by atoms with Crippen molar-refractivity contribution in [3.8, 4) is 16.3 Å². The first kappa shape index (κ1) is 23.3. The van der Waals surface area contributed by atoms with Crippen LogP contribution in [-0.2, 0) is 6.18 Å². The number of nitrogens with one attached hydrogen (secondary N) is 2. The number of carbonyl (C=O) groups excluding carboxylic acids is 2. The molecule has 1 aromatic heterocycles. The number of nitrogens with zero attached hydrogens (tertiary/aromatic N) is 1. The molecule has 10 heteroatoms. The number of alkyl halides is 3. The molecule has 0 spiro atoms. The number of phenolic OH excluding ortho intramolecular Hbond substituents is 1. The summed E-state index contributed by atoms with van der Waals surface area (Å²) in [6, 6.07) is 10.6. The van der Waals surface area contributed by atoms with E-state index in [0.29, 0.717) is 46.2 Å². The summed E-state index contributed by atoms with van der Waals surface area (Å²) in [5.74, 6) is -0.662. The van der Waals surface area contributed by atoms with Crippen molar-refractivity contribution in [1.82, 2.24) is 15.6 Å². The lowest BCUT2D eigenvalue weighted by Crippen LogP contribution is -2.29. The Labute approximate surface area is 186 Å². The van der Waals surface area contributed by atoms with Gasteiger partial charge < -0.3 is 15.7 Å². The number of benzene rings is 2. The molecule has 0 bridgehead atoms. The molecule has 0 saturated carbocycles. The van der Waals surface area contributed by atoms with Gasteiger partial charge in [0.25, 0.3) is 11.8 Å². The highest BCUT2D eigenvalue weighted by Crippen LogP contribution is 2.33. The summed E-state index contributed by atoms with van der Waals surface area (Å²) in [7, 11) is 0. The summed E-state index contributed by atoms with van der Waals surface area (Å²) in [6.45, 7) is 2.30. The van der Waals surface area contributed by atoms with E-state index in [1.54, 1.807) is 19.1 Å². The number of hydrogen-bond acceptors (Lipinski definition) is 5. The predicted octanol–water partition coefficient (Wildman–Crippen LogP) is 4.39. The fourth-order valence-electron chi connectivity index (χ4n) is 2.85. The number of hydrogen-bond donors (Lipinski definition) is 3. The van der Waals surface area contributed by atoms with Gasteiger partial charge in [-0.3, -0.25) is 9.59 Å². The molecule has 0 aliphatic carbocycles. The molecule has 6 nitrogen and oxygen atoms in total. The molecule has 3 rings (SSSR count). The molecule has 0 radical (unpaired) electrons. The Morgan fingerprint density at radius 2 is 1.69 bits per heavy atom. The predicted molar refractivity (Wildman–Crippen MR) is 115 cm³/mol. The summed E-state index contributed by atoms with van der Waals surface area (Å²) < 4.78 is 38.2. The van der Waals surface area contributed by atoms with E-state index < -0.39 is 11.7 Å². The smallest absolute Gasteiger partial charge is 0.416 e. The van der Waals surface area contributed by atoms with Gasteiger partial charge in [0.15, 0.2) is 0 Å². The first-order valence-electron chi connectivity index (χ1n) is 9.65. The minimum absolute atomic E-state index is 0.000468. The summed E-state index contributed by atoms with van der Waals surface area (Å²) in [5.41, 5.74) is 0.577. The molecule has 168 valence electrons. The average Bonchev–Trinajstić information content (AvgIpc) is 3.14. The van der Waals surface area contributed by atoms with Crippen LogP contribution in [0.4, 0.5) is 13.2 Å². The molecule has 32 heavy (non-hydrogen) atoms. The maximum Gasteiger partial charge on any atom is 0.416 e. The van der Waals surface area contributed by atoms with E-state index in [2.05, 4.69) is 15.6 Å². The van der Waals surface area contributed by atoms with Gasteiger partial charge in [0.2, 0.25) is 0 Å². The first-order chi connectivity index (χ1) is 15.1. The Kier molecular flexibility index (Phi) is 7.14. The van der Waals surface area contributed by atoms with Crippen molar-refractivity contribution in [1.29, 1.82) is 0 Å². The summed E-state index contributed by atoms with van der Waals surface area (Å²) in [6.07, 6.45) is -3.93. The fraction of sp³-hybridized carbons (Fsp3) is 0.227. The highest BCUT2D eigenvalue weighted by atomic mass is 32.1. The zero-order valence-electron chi connectivity index (χ0n) is 17.0. The Morgan fingerprint density at radius 3 is 2.31 bits per heavy atom. The SMILES string of the molecule is Cc1nc(-c2ccc(C(F)(F)F)cc2)sc1C(=O)NCCCNC(=O)c1cccc(O)c1. The van der Waals surface area contributed by atoms with Crippen LogP contribution in [0.2, 0.25) is 0 Å². The van der Waals surface area contributed by atoms with Crippen LogP contribution in [0.5, 0.6) is 5.75 Å². The number of aromatic nitrogens is 1. The van der Waals surface area contributed by atoms with Gasteiger partial charge in [-0.1, -0.05) is 18.2 Å². The van der Waals surface area contributed by atoms with Crippen molar-refractivity contribution in [2.24, 2.45) is 0 Å². The zero-order chi connectivity index (χ0) is 23.3. The van der Waals surface area contributed by atoms with Gasteiger partial charge in [0.1, 0.15) is 15.6 Å². The van der Waals surface area contributed by atoms with Crippen LogP contribution in [0.25, 0.3) is 10.6 Å². The molecule has 3 N–H and O–H groups in total. The molecule has 0 saturated heterocycles. The highest BCUT2D eigenvalue weighted by Gasteiger charge is 2.30. The van der Waals surface area contributed by atoms with Gasteiger partial charge >= 0.3 is 6.18 Å². The average molecular weight is 463 g/mol. The van der Waals surface area contributed by atoms with E-state index >= 15 is 0 Å². The third kappa shape index (κ3) is 5.85. The Bertz CT molecular complexity index is 1110. The topological polar surface area (TPSA) is 91.3 Å². The van der Waals surface area contributed by atoms with Crippen LogP contribution in [-0.4, -0.2) is 35.0 Å². The molecule has 2 aromatic carbocycles. The second-order valence-electron chi connectivity index (χ2n) is 6.92. The van der Waals surface area contributed by atoms with Gasteiger partial charge in [0, 0.05) is 24.2 Å². The molecule has 2 amide bonds. The minimum Gasteiger partial charge on any atom is -0.508 e. The molecule has 0 unspecified atom stereocenters. The summed E-state index contributed by atoms with van der Waals surface area (Å²) >= 11 is 1.10. The fourth-order valence-corrected chi connectivity index (χ4v) is 3.84. The van der Waals surface area contributed by atoms with Crippen molar-refractivity contribution >= 4 is 23.2 Å². The third-order valence-corrected chi connectivity index (χ3v) is 5.70. The van der Waals surface area contributed by atoms with E-state index in [-0.39, 0.29) is 17.6 Å². The van der Waals surface area contributed by atoms with Crippen LogP contribution in [0.15, 0.2) is 48.5 Å². The van der Waals surface area contributed by atoms with E-state index in [1.807, 2.05) is 0 Å². The molecule has 3 aromatic rings. The quantitative estimate of drug-likeness (QED) is 0.453. The van der Waals surface area contributed by atoms with Crippen LogP contribution >= 0.6 is 11.3 Å². The van der Waals surface area contributed by atoms with Crippen molar-refractivity contribution in [3.05, 3.63) is 70.2 Å². The number of amides is 2. The molecule has 0 aliphatic heterocycles. The first-order valence-corrected chi connectivity index (χ1v) is 10.5. The van der Waals surface area contributed by atoms with Crippen molar-refractivity contribution in [2.45, 2.75) is 19.5 Å². The van der Waals surface area contributed by atoms with Crippen molar-refractivity contribution < 1.29 is 27.9 Å². The Morgan fingerprint density at radius 1 is 1.03 bits per heavy atom. The maximum atomic E-state index is 12.7. The largest absolute Gasteiger partial charge is 0.508 e. The molecule has 0 aliphatic rings. The molecule has 0 atom stereocenters. The molecular formula is C22H20F3N3O3S. The summed E-state index contributed by atoms with van der Waals surface area (Å²) in [5, 5.41) is 15.3. The van der Waals surface area contributed by atoms with Crippen LogP contribution < -0.4 is 10.6 Å². The van der Waals surface area contributed by atoms with Gasteiger partial charge in [-0.25, -0.2) is 4.98 Å². The Balaban J connectivity index is 1.50. The maximum absolute atomic E-state index is 12.7. The monoisotopic (exact) mass is 463 g/mol. The number of rotatable bonds is 7. The number of aryl methyl sites for hydroxylation is 1. The van der Waals surface area contributed by atoms with Gasteiger partial charge in [-0.15, -0.1) is 11.3 Å². The minimum atomic E-state index is -4.41. The van der Waals surface area contributed by atoms with Crippen LogP contribution in [0.3, 0.4) is 0 Å². The number of thiazole rings is 1. The number of carbonyl (C=O) groups is 2. The van der Waals surface area contributed by atoms with Crippen LogP contribution in [0.1, 0.15) is 37.7 Å². The number of aromatic hydroxyl groups is 1. The molecule has 1 heterocycles. The molecule has 0 fully saturated rings. The third-order valence-electron chi connectivity index (χ3n) is 4.50. The zero-order valence-corrected chi connectivity index (χ0v) is 17.8. The van der Waals surface area contributed by atoms with Crippen molar-refractivity contribution in [2.75, 3.05) is 13.1 Å². The van der Waals surface area contributed by atoms with E-state index in [1.165, 1.54) is 24.3 Å². The molecular weight excluding hydrogens is 443 g/mol. The number of halogens is 3. The lowest BCUT2D eigenvalue weighted by Gasteiger charge is -2.07. The van der Waals surface area contributed by atoms with Crippen LogP contribution in [0, 0.1) is 6.92 Å². The van der Waals surface area contributed by atoms with Gasteiger partial charge in [-0.2, -0.15) is 13.2 Å². The lowest BCUT2D eigenvalue weighted by atomic mass is 10.1. The second-order valence-corrected chi connectivity index (χ2v) is 7.92. The normalized spacial score (nSPS) is 11.2. The second kappa shape index (κ2) is 9.82. The van der Waals surface area contributed by atoms with E-state index in [4.69, 9.17) is 0 Å². The standard InChI is InChI=1S/C22H20F3N3O3S/c1-13-18(32-21(28-13)14-6-8-16(9-7-14)22(23,24)25)20(31)27-11-3-10-26-19(30)15-4-2-5-17(29)12-15/h2,4-9,12,29H,3,10-11H2,1H3,(H,26,30)(H,27,31). The van der Waals surface area contributed by atoms with E-state index in [0.717, 1.165) is 23.5 Å². The van der Waals surface area contributed by atoms with E-state index in [9.17, 15) is 27.9 Å². The Hall–Kier alpha value is -3.40. The highest BCUT2D eigenvalue weighted by molar-refractivity contribution is 7.17. The lowest BCUT2D eigenvalue weighted by molar-refractivity contribution is -0.137. The van der Waals surface area contributed by atoms with Gasteiger partial charge in [0.05, 0.1) is 11.3 Å². The van der Waals surface area contributed by atoms with Crippen molar-refractivity contribution in [3.63, 3.8) is 0 Å². The number of phenols is 1.